The molecule has 0 aliphatic carbocycles. The summed E-state index contributed by atoms with van der Waals surface area (Å²) in [5, 5.41) is 3.97. The molecule has 5 nitrogen and oxygen atoms in total. The molecule has 0 heterocycles. The van der Waals surface area contributed by atoms with Crippen LogP contribution in [0.25, 0.3) is 0 Å². The predicted molar refractivity (Wildman–Crippen MR) is 87.8 cm³/mol. The number of carbonyl (C=O) groups excluding carboxylic acids is 2. The number of benzene rings is 1. The zero-order chi connectivity index (χ0) is 19.3. The number of alkyl halides is 3. The molecule has 1 unspecified atom stereocenters. The van der Waals surface area contributed by atoms with Gasteiger partial charge in [-0.15, -0.1) is 0 Å². The number of para-hydroxylation sites is 1. The SMILES string of the molecule is CCOC(=O)C(NC(=O)CC(C)C)(Nc1ccccc1C)C(F)(F)F. The Bertz CT molecular complexity index is 617. The number of hydrogen-bond donors (Lipinski definition) is 2. The van der Waals surface area contributed by atoms with Crippen molar-refractivity contribution >= 4 is 17.6 Å². The fourth-order valence-corrected chi connectivity index (χ4v) is 2.18. The normalized spacial score (nSPS) is 13.9. The first-order valence-corrected chi connectivity index (χ1v) is 7.92. The summed E-state index contributed by atoms with van der Waals surface area (Å²) in [6, 6.07) is 6.16. The minimum atomic E-state index is -5.12. The van der Waals surface area contributed by atoms with Crippen LogP contribution in [-0.2, 0) is 14.3 Å². The van der Waals surface area contributed by atoms with Gasteiger partial charge in [-0.3, -0.25) is 4.79 Å². The predicted octanol–water partition coefficient (Wildman–Crippen LogP) is 3.39. The fourth-order valence-electron chi connectivity index (χ4n) is 2.18. The van der Waals surface area contributed by atoms with Crippen molar-refractivity contribution in [3.8, 4) is 0 Å². The summed E-state index contributed by atoms with van der Waals surface area (Å²) < 4.78 is 46.3. The molecule has 25 heavy (non-hydrogen) atoms. The van der Waals surface area contributed by atoms with Gasteiger partial charge in [0.1, 0.15) is 0 Å². The Morgan fingerprint density at radius 3 is 2.28 bits per heavy atom. The van der Waals surface area contributed by atoms with E-state index in [1.54, 1.807) is 32.9 Å². The number of hydrogen-bond acceptors (Lipinski definition) is 4. The number of ether oxygens (including phenoxy) is 1. The number of anilines is 1. The van der Waals surface area contributed by atoms with Crippen LogP contribution in [0.5, 0.6) is 0 Å². The van der Waals surface area contributed by atoms with Crippen molar-refractivity contribution in [3.05, 3.63) is 29.8 Å². The van der Waals surface area contributed by atoms with Crippen molar-refractivity contribution in [3.63, 3.8) is 0 Å². The smallest absolute Gasteiger partial charge is 0.441 e. The van der Waals surface area contributed by atoms with Gasteiger partial charge in [0.05, 0.1) is 6.61 Å². The van der Waals surface area contributed by atoms with Crippen molar-refractivity contribution in [2.75, 3.05) is 11.9 Å². The molecule has 140 valence electrons. The second-order valence-corrected chi connectivity index (χ2v) is 6.05. The molecular formula is C17H23F3N2O3. The summed E-state index contributed by atoms with van der Waals surface area (Å²) in [5.41, 5.74) is -2.81. The Morgan fingerprint density at radius 1 is 1.20 bits per heavy atom. The van der Waals surface area contributed by atoms with E-state index >= 15 is 0 Å². The third-order valence-electron chi connectivity index (χ3n) is 3.39. The van der Waals surface area contributed by atoms with Crippen LogP contribution in [0.4, 0.5) is 18.9 Å². The second-order valence-electron chi connectivity index (χ2n) is 6.05. The van der Waals surface area contributed by atoms with Gasteiger partial charge in [0.2, 0.25) is 5.91 Å². The van der Waals surface area contributed by atoms with Crippen LogP contribution in [0.2, 0.25) is 0 Å². The standard InChI is InChI=1S/C17H23F3N2O3/c1-5-25-15(24)16(17(18,19)20,22-14(23)10-11(2)3)21-13-9-7-6-8-12(13)4/h6-9,11,21H,5,10H2,1-4H3,(H,22,23). The largest absolute Gasteiger partial charge is 0.463 e. The Kier molecular flexibility index (Phi) is 6.84. The van der Waals surface area contributed by atoms with Crippen LogP contribution >= 0.6 is 0 Å². The maximum atomic E-state index is 13.9. The van der Waals surface area contributed by atoms with E-state index in [1.807, 2.05) is 5.32 Å². The molecule has 1 aromatic carbocycles. The van der Waals surface area contributed by atoms with E-state index in [4.69, 9.17) is 0 Å². The van der Waals surface area contributed by atoms with Gasteiger partial charge >= 0.3 is 17.8 Å². The van der Waals surface area contributed by atoms with Crippen LogP contribution in [0, 0.1) is 12.8 Å². The third-order valence-corrected chi connectivity index (χ3v) is 3.39. The van der Waals surface area contributed by atoms with E-state index in [2.05, 4.69) is 10.1 Å². The second kappa shape index (κ2) is 8.22. The molecule has 0 saturated heterocycles. The molecule has 1 amide bonds. The van der Waals surface area contributed by atoms with Crippen molar-refractivity contribution in [2.24, 2.45) is 5.92 Å². The Labute approximate surface area is 144 Å². The van der Waals surface area contributed by atoms with Gasteiger partial charge in [-0.05, 0) is 31.4 Å². The van der Waals surface area contributed by atoms with E-state index in [-0.39, 0.29) is 24.6 Å². The zero-order valence-corrected chi connectivity index (χ0v) is 14.7. The van der Waals surface area contributed by atoms with Crippen molar-refractivity contribution in [2.45, 2.75) is 46.0 Å². The highest BCUT2D eigenvalue weighted by atomic mass is 19.4. The summed E-state index contributed by atoms with van der Waals surface area (Å²) in [4.78, 5) is 24.3. The van der Waals surface area contributed by atoms with Crippen LogP contribution in [0.15, 0.2) is 24.3 Å². The van der Waals surface area contributed by atoms with Crippen LogP contribution in [-0.4, -0.2) is 30.3 Å². The van der Waals surface area contributed by atoms with Gasteiger partial charge in [0, 0.05) is 12.1 Å². The highest BCUT2D eigenvalue weighted by molar-refractivity contribution is 5.91. The van der Waals surface area contributed by atoms with Crippen LogP contribution in [0.1, 0.15) is 32.8 Å². The number of halogens is 3. The Morgan fingerprint density at radius 2 is 1.80 bits per heavy atom. The van der Waals surface area contributed by atoms with Gasteiger partial charge in [-0.2, -0.15) is 13.2 Å². The third kappa shape index (κ3) is 5.11. The number of rotatable bonds is 7. The van der Waals surface area contributed by atoms with Crippen LogP contribution in [0.3, 0.4) is 0 Å². The molecule has 0 aliphatic heterocycles. The van der Waals surface area contributed by atoms with E-state index < -0.39 is 23.7 Å². The summed E-state index contributed by atoms with van der Waals surface area (Å²) in [6.45, 7) is 6.10. The van der Waals surface area contributed by atoms with Crippen LogP contribution < -0.4 is 10.6 Å². The Balaban J connectivity index is 3.37. The maximum Gasteiger partial charge on any atom is 0.441 e. The van der Waals surface area contributed by atoms with E-state index in [1.165, 1.54) is 19.1 Å². The molecule has 8 heteroatoms. The fraction of sp³-hybridized carbons (Fsp3) is 0.529. The highest BCUT2D eigenvalue weighted by Crippen LogP contribution is 2.34. The molecule has 0 bridgehead atoms. The summed E-state index contributed by atoms with van der Waals surface area (Å²) in [6.07, 6.45) is -5.28. The van der Waals surface area contributed by atoms with Gasteiger partial charge in [0.25, 0.3) is 0 Å². The van der Waals surface area contributed by atoms with Crippen molar-refractivity contribution in [1.29, 1.82) is 0 Å². The minimum absolute atomic E-state index is 0.0673. The number of esters is 1. The number of carbonyl (C=O) groups is 2. The topological polar surface area (TPSA) is 67.4 Å². The molecule has 0 saturated carbocycles. The average Bonchev–Trinajstić information content (AvgIpc) is 2.46. The number of nitrogens with one attached hydrogen (secondary N) is 2. The number of aryl methyl sites for hydroxylation is 1. The molecular weight excluding hydrogens is 337 g/mol. The zero-order valence-electron chi connectivity index (χ0n) is 14.7. The van der Waals surface area contributed by atoms with E-state index in [0.29, 0.717) is 5.56 Å². The highest BCUT2D eigenvalue weighted by Gasteiger charge is 2.63. The molecule has 1 rings (SSSR count). The lowest BCUT2D eigenvalue weighted by atomic mass is 10.1. The average molecular weight is 360 g/mol. The lowest BCUT2D eigenvalue weighted by Gasteiger charge is -2.36. The lowest BCUT2D eigenvalue weighted by molar-refractivity contribution is -0.208. The first kappa shape index (κ1) is 20.8. The van der Waals surface area contributed by atoms with Crippen molar-refractivity contribution in [1.82, 2.24) is 5.32 Å². The first-order valence-electron chi connectivity index (χ1n) is 7.92. The van der Waals surface area contributed by atoms with Gasteiger partial charge in [-0.1, -0.05) is 32.0 Å². The molecule has 1 atom stereocenters. The molecule has 1 aromatic rings. The summed E-state index contributed by atoms with van der Waals surface area (Å²) >= 11 is 0. The number of amides is 1. The van der Waals surface area contributed by atoms with Gasteiger partial charge in [-0.25, -0.2) is 4.79 Å². The monoisotopic (exact) mass is 360 g/mol. The molecule has 0 spiro atoms. The molecule has 0 radical (unpaired) electrons. The summed E-state index contributed by atoms with van der Waals surface area (Å²) in [7, 11) is 0. The van der Waals surface area contributed by atoms with E-state index in [9.17, 15) is 22.8 Å². The maximum absolute atomic E-state index is 13.9. The summed E-state index contributed by atoms with van der Waals surface area (Å²) in [5.74, 6) is -2.68. The van der Waals surface area contributed by atoms with Gasteiger partial charge < -0.3 is 15.4 Å². The molecule has 2 N–H and O–H groups in total. The molecule has 0 fully saturated rings. The first-order chi connectivity index (χ1) is 11.5. The van der Waals surface area contributed by atoms with Gasteiger partial charge in [0.15, 0.2) is 0 Å². The lowest BCUT2D eigenvalue weighted by Crippen LogP contribution is -2.69. The molecule has 0 aromatic heterocycles. The quantitative estimate of drug-likeness (QED) is 0.578. The minimum Gasteiger partial charge on any atom is -0.463 e. The van der Waals surface area contributed by atoms with E-state index in [0.717, 1.165) is 0 Å². The molecule has 0 aliphatic rings. The van der Waals surface area contributed by atoms with Crippen molar-refractivity contribution < 1.29 is 27.5 Å². The Hall–Kier alpha value is -2.25.